The van der Waals surface area contributed by atoms with Crippen LogP contribution in [0.4, 0.5) is 0 Å². The highest BCUT2D eigenvalue weighted by molar-refractivity contribution is 5.94. The summed E-state index contributed by atoms with van der Waals surface area (Å²) in [5, 5.41) is 9.47. The molecule has 1 aliphatic carbocycles. The maximum atomic E-state index is 12.4. The van der Waals surface area contributed by atoms with Gasteiger partial charge in [-0.2, -0.15) is 0 Å². The fraction of sp³-hybridized carbons (Fsp3) is 0.619. The molecule has 5 nitrogen and oxygen atoms in total. The minimum Gasteiger partial charge on any atom is -0.352 e. The highest BCUT2D eigenvalue weighted by Gasteiger charge is 2.37. The van der Waals surface area contributed by atoms with Gasteiger partial charge in [-0.15, -0.1) is 12.4 Å². The third-order valence-electron chi connectivity index (χ3n) is 5.68. The second-order valence-corrected chi connectivity index (χ2v) is 7.63. The molecule has 0 aromatic heterocycles. The van der Waals surface area contributed by atoms with Gasteiger partial charge in [0.1, 0.15) is 0 Å². The molecule has 6 heteroatoms. The van der Waals surface area contributed by atoms with E-state index in [1.165, 1.54) is 25.7 Å². The van der Waals surface area contributed by atoms with Gasteiger partial charge in [0, 0.05) is 24.7 Å². The van der Waals surface area contributed by atoms with Gasteiger partial charge < -0.3 is 16.0 Å². The Morgan fingerprint density at radius 2 is 1.85 bits per heavy atom. The third-order valence-corrected chi connectivity index (χ3v) is 5.68. The van der Waals surface area contributed by atoms with E-state index in [0.29, 0.717) is 30.6 Å². The summed E-state index contributed by atoms with van der Waals surface area (Å²) in [6, 6.07) is 7.96. The molecule has 2 amide bonds. The van der Waals surface area contributed by atoms with Crippen molar-refractivity contribution in [2.75, 3.05) is 6.54 Å². The van der Waals surface area contributed by atoms with E-state index in [1.54, 1.807) is 0 Å². The highest BCUT2D eigenvalue weighted by Crippen LogP contribution is 2.33. The summed E-state index contributed by atoms with van der Waals surface area (Å²) < 4.78 is 0. The van der Waals surface area contributed by atoms with Crippen LogP contribution in [0.15, 0.2) is 24.3 Å². The van der Waals surface area contributed by atoms with E-state index in [0.717, 1.165) is 24.8 Å². The van der Waals surface area contributed by atoms with E-state index in [2.05, 4.69) is 22.9 Å². The van der Waals surface area contributed by atoms with Crippen molar-refractivity contribution >= 4 is 24.2 Å². The summed E-state index contributed by atoms with van der Waals surface area (Å²) >= 11 is 0. The third kappa shape index (κ3) is 5.94. The molecule has 1 aromatic rings. The van der Waals surface area contributed by atoms with Crippen molar-refractivity contribution in [1.82, 2.24) is 16.0 Å². The minimum absolute atomic E-state index is 0. The van der Waals surface area contributed by atoms with Gasteiger partial charge >= 0.3 is 0 Å². The number of unbranched alkanes of at least 4 members (excludes halogenated alkanes) is 1. The van der Waals surface area contributed by atoms with Crippen molar-refractivity contribution in [2.24, 2.45) is 5.92 Å². The zero-order valence-electron chi connectivity index (χ0n) is 16.1. The molecule has 0 bridgehead atoms. The standard InChI is InChI=1S/C21H31N3O2.ClH/c1-2-3-12-22-20(25)16-10-8-15(9-11-16)14-23-21(26)19-13-17-6-4-5-7-18(17)24-19;/h8-11,17-19,24H,2-7,12-14H2,1H3,(H,22,25)(H,23,26);1H. The zero-order valence-corrected chi connectivity index (χ0v) is 16.9. The normalized spacial score (nSPS) is 23.8. The number of carbonyl (C=O) groups is 2. The first-order chi connectivity index (χ1) is 12.7. The minimum atomic E-state index is -0.0493. The van der Waals surface area contributed by atoms with Crippen LogP contribution in [-0.2, 0) is 11.3 Å². The smallest absolute Gasteiger partial charge is 0.251 e. The summed E-state index contributed by atoms with van der Waals surface area (Å²) in [4.78, 5) is 24.5. The maximum Gasteiger partial charge on any atom is 0.251 e. The van der Waals surface area contributed by atoms with Gasteiger partial charge in [0.25, 0.3) is 5.91 Å². The predicted molar refractivity (Wildman–Crippen MR) is 110 cm³/mol. The molecular formula is C21H32ClN3O2. The molecule has 2 fully saturated rings. The van der Waals surface area contributed by atoms with Crippen molar-refractivity contribution < 1.29 is 9.59 Å². The Balaban J connectivity index is 0.00000261. The molecular weight excluding hydrogens is 362 g/mol. The number of nitrogens with one attached hydrogen (secondary N) is 3. The molecule has 0 spiro atoms. The van der Waals surface area contributed by atoms with Gasteiger partial charge in [-0.05, 0) is 49.3 Å². The van der Waals surface area contributed by atoms with Crippen molar-refractivity contribution in [1.29, 1.82) is 0 Å². The average Bonchev–Trinajstić information content (AvgIpc) is 3.11. The number of hydrogen-bond donors (Lipinski definition) is 3. The largest absolute Gasteiger partial charge is 0.352 e. The van der Waals surface area contributed by atoms with E-state index >= 15 is 0 Å². The lowest BCUT2D eigenvalue weighted by molar-refractivity contribution is -0.123. The van der Waals surface area contributed by atoms with Crippen LogP contribution in [0.25, 0.3) is 0 Å². The van der Waals surface area contributed by atoms with E-state index < -0.39 is 0 Å². The number of fused-ring (bicyclic) bond motifs is 1. The van der Waals surface area contributed by atoms with Crippen molar-refractivity contribution in [3.8, 4) is 0 Å². The number of amides is 2. The predicted octanol–water partition coefficient (Wildman–Crippen LogP) is 3.18. The lowest BCUT2D eigenvalue weighted by atomic mass is 9.85. The van der Waals surface area contributed by atoms with E-state index in [4.69, 9.17) is 0 Å². The maximum absolute atomic E-state index is 12.4. The molecule has 3 N–H and O–H groups in total. The van der Waals surface area contributed by atoms with Crippen LogP contribution in [0.1, 0.15) is 67.8 Å². The Bertz CT molecular complexity index is 606. The van der Waals surface area contributed by atoms with Gasteiger partial charge in [0.2, 0.25) is 5.91 Å². The first-order valence-electron chi connectivity index (χ1n) is 10.1. The van der Waals surface area contributed by atoms with Gasteiger partial charge in [0.15, 0.2) is 0 Å². The first kappa shape index (κ1) is 21.7. The summed E-state index contributed by atoms with van der Waals surface area (Å²) in [5.41, 5.74) is 1.68. The summed E-state index contributed by atoms with van der Waals surface area (Å²) in [6.45, 7) is 3.32. The quantitative estimate of drug-likeness (QED) is 0.623. The van der Waals surface area contributed by atoms with Gasteiger partial charge in [0.05, 0.1) is 6.04 Å². The SMILES string of the molecule is CCCCNC(=O)c1ccc(CNC(=O)C2CC3CCCCC3N2)cc1.Cl. The molecule has 27 heavy (non-hydrogen) atoms. The highest BCUT2D eigenvalue weighted by atomic mass is 35.5. The molecule has 3 rings (SSSR count). The Labute approximate surface area is 168 Å². The second-order valence-electron chi connectivity index (χ2n) is 7.63. The molecule has 0 radical (unpaired) electrons. The molecule has 1 heterocycles. The van der Waals surface area contributed by atoms with Crippen LogP contribution in [0, 0.1) is 5.92 Å². The second kappa shape index (κ2) is 10.7. The Kier molecular flexibility index (Phi) is 8.58. The number of hydrogen-bond acceptors (Lipinski definition) is 3. The topological polar surface area (TPSA) is 70.2 Å². The van der Waals surface area contributed by atoms with Crippen LogP contribution in [-0.4, -0.2) is 30.4 Å². The van der Waals surface area contributed by atoms with E-state index in [9.17, 15) is 9.59 Å². The number of halogens is 1. The molecule has 1 saturated heterocycles. The molecule has 1 saturated carbocycles. The molecule has 3 atom stereocenters. The summed E-state index contributed by atoms with van der Waals surface area (Å²) in [6.07, 6.45) is 8.06. The van der Waals surface area contributed by atoms with Crippen LogP contribution in [0.3, 0.4) is 0 Å². The number of carbonyl (C=O) groups excluding carboxylic acids is 2. The van der Waals surface area contributed by atoms with E-state index in [1.807, 2.05) is 24.3 Å². The fourth-order valence-corrected chi connectivity index (χ4v) is 4.09. The lowest BCUT2D eigenvalue weighted by Crippen LogP contribution is -2.42. The van der Waals surface area contributed by atoms with Crippen LogP contribution in [0.5, 0.6) is 0 Å². The van der Waals surface area contributed by atoms with Gasteiger partial charge in [-0.3, -0.25) is 9.59 Å². The molecule has 150 valence electrons. The molecule has 3 unspecified atom stereocenters. The van der Waals surface area contributed by atoms with Crippen LogP contribution < -0.4 is 16.0 Å². The van der Waals surface area contributed by atoms with Crippen LogP contribution in [0.2, 0.25) is 0 Å². The zero-order chi connectivity index (χ0) is 18.4. The van der Waals surface area contributed by atoms with Gasteiger partial charge in [-0.25, -0.2) is 0 Å². The first-order valence-corrected chi connectivity index (χ1v) is 10.1. The average molecular weight is 394 g/mol. The lowest BCUT2D eigenvalue weighted by Gasteiger charge is -2.24. The van der Waals surface area contributed by atoms with E-state index in [-0.39, 0.29) is 30.3 Å². The molecule has 1 aliphatic heterocycles. The summed E-state index contributed by atoms with van der Waals surface area (Å²) in [5.74, 6) is 0.734. The number of rotatable bonds is 7. The Hall–Kier alpha value is -1.59. The number of benzene rings is 1. The van der Waals surface area contributed by atoms with Gasteiger partial charge in [-0.1, -0.05) is 38.3 Å². The summed E-state index contributed by atoms with van der Waals surface area (Å²) in [7, 11) is 0. The molecule has 1 aromatic carbocycles. The Morgan fingerprint density at radius 1 is 1.11 bits per heavy atom. The monoisotopic (exact) mass is 393 g/mol. The molecule has 2 aliphatic rings. The Morgan fingerprint density at radius 3 is 2.56 bits per heavy atom. The van der Waals surface area contributed by atoms with Crippen molar-refractivity contribution in [3.05, 3.63) is 35.4 Å². The van der Waals surface area contributed by atoms with Crippen molar-refractivity contribution in [2.45, 2.75) is 70.5 Å². The van der Waals surface area contributed by atoms with Crippen LogP contribution >= 0.6 is 12.4 Å². The fourth-order valence-electron chi connectivity index (χ4n) is 4.09. The van der Waals surface area contributed by atoms with Crippen molar-refractivity contribution in [3.63, 3.8) is 0 Å².